The van der Waals surface area contributed by atoms with Crippen LogP contribution in [0, 0.1) is 0 Å². The zero-order chi connectivity index (χ0) is 17.6. The lowest BCUT2D eigenvalue weighted by atomic mass is 10.1. The summed E-state index contributed by atoms with van der Waals surface area (Å²) >= 11 is 0. The lowest BCUT2D eigenvalue weighted by Gasteiger charge is -2.32. The number of carbonyl (C=O) groups excluding carboxylic acids is 1. The monoisotopic (exact) mass is 454 g/mol. The predicted molar refractivity (Wildman–Crippen MR) is 120 cm³/mol. The Bertz CT molecular complexity index is 569. The largest absolute Gasteiger partial charge is 0.364 e. The van der Waals surface area contributed by atoms with Gasteiger partial charge in [0.15, 0.2) is 0 Å². The van der Waals surface area contributed by atoms with Gasteiger partial charge in [0.1, 0.15) is 6.10 Å². The number of nitrogens with one attached hydrogen (secondary N) is 1. The number of benzene rings is 1. The van der Waals surface area contributed by atoms with Gasteiger partial charge >= 0.3 is 0 Å². The molecule has 0 unspecified atom stereocenters. The van der Waals surface area contributed by atoms with Gasteiger partial charge in [0.25, 0.3) is 0 Å². The summed E-state index contributed by atoms with van der Waals surface area (Å²) in [7, 11) is 2.17. The van der Waals surface area contributed by atoms with E-state index in [-0.39, 0.29) is 55.3 Å². The van der Waals surface area contributed by atoms with Gasteiger partial charge in [-0.2, -0.15) is 0 Å². The summed E-state index contributed by atoms with van der Waals surface area (Å²) < 4.78 is 5.63. The van der Waals surface area contributed by atoms with Gasteiger partial charge < -0.3 is 20.7 Å². The number of nitrogens with two attached hydrogens (primary N) is 1. The number of halogens is 3. The van der Waals surface area contributed by atoms with Crippen molar-refractivity contribution in [3.05, 3.63) is 35.4 Å². The number of rotatable bonds is 6. The third kappa shape index (κ3) is 8.03. The number of hydrogen-bond acceptors (Lipinski definition) is 5. The van der Waals surface area contributed by atoms with Crippen LogP contribution in [0.3, 0.4) is 0 Å². The molecule has 3 rings (SSSR count). The maximum Gasteiger partial charge on any atom is 0.249 e. The molecule has 1 aromatic carbocycles. The van der Waals surface area contributed by atoms with Crippen molar-refractivity contribution in [3.63, 3.8) is 0 Å². The molecule has 3 N–H and O–H groups in total. The van der Waals surface area contributed by atoms with Crippen LogP contribution in [-0.2, 0) is 22.6 Å². The maximum absolute atomic E-state index is 12.1. The number of nitrogens with zero attached hydrogens (tertiary/aromatic N) is 2. The van der Waals surface area contributed by atoms with Gasteiger partial charge in [-0.25, -0.2) is 0 Å². The molecule has 2 fully saturated rings. The normalized spacial score (nSPS) is 22.5. The molecule has 1 amide bonds. The Hall–Kier alpha value is -0.600. The van der Waals surface area contributed by atoms with Crippen LogP contribution in [0.5, 0.6) is 0 Å². The number of ether oxygens (including phenoxy) is 1. The molecule has 28 heavy (non-hydrogen) atoms. The molecule has 0 aromatic heterocycles. The number of carbonyl (C=O) groups is 1. The Kier molecular flexibility index (Phi) is 13.3. The molecule has 2 heterocycles. The van der Waals surface area contributed by atoms with Gasteiger partial charge in [-0.1, -0.05) is 24.3 Å². The average Bonchev–Trinajstić information content (AvgIpc) is 3.12. The molecule has 2 aliphatic rings. The van der Waals surface area contributed by atoms with E-state index in [1.165, 1.54) is 5.56 Å². The van der Waals surface area contributed by atoms with E-state index < -0.39 is 0 Å². The van der Waals surface area contributed by atoms with Crippen molar-refractivity contribution in [1.82, 2.24) is 15.1 Å². The molecule has 9 heteroatoms. The van der Waals surface area contributed by atoms with E-state index in [2.05, 4.69) is 46.4 Å². The maximum atomic E-state index is 12.1. The number of hydrogen-bond donors (Lipinski definition) is 2. The van der Waals surface area contributed by atoms with Crippen LogP contribution in [0.15, 0.2) is 24.3 Å². The summed E-state index contributed by atoms with van der Waals surface area (Å²) in [6, 6.07) is 8.53. The van der Waals surface area contributed by atoms with Crippen LogP contribution < -0.4 is 11.1 Å². The molecule has 2 saturated heterocycles. The highest BCUT2D eigenvalue weighted by Gasteiger charge is 2.29. The Labute approximate surface area is 186 Å². The van der Waals surface area contributed by atoms with Crippen molar-refractivity contribution in [3.8, 4) is 0 Å². The SMILES string of the molecule is CN1CCN(Cc2ccc(CNC(=O)[C@@H]3CC[C@H](CN)O3)cc2)CC1.Cl.Cl.Cl. The van der Waals surface area contributed by atoms with Crippen LogP contribution in [0.1, 0.15) is 24.0 Å². The zero-order valence-corrected chi connectivity index (χ0v) is 18.8. The summed E-state index contributed by atoms with van der Waals surface area (Å²) in [5, 5.41) is 2.97. The van der Waals surface area contributed by atoms with E-state index in [0.717, 1.165) is 51.1 Å². The van der Waals surface area contributed by atoms with Crippen molar-refractivity contribution < 1.29 is 9.53 Å². The van der Waals surface area contributed by atoms with Crippen LogP contribution in [0.25, 0.3) is 0 Å². The van der Waals surface area contributed by atoms with Crippen molar-refractivity contribution >= 4 is 43.1 Å². The van der Waals surface area contributed by atoms with Crippen molar-refractivity contribution in [2.75, 3.05) is 39.8 Å². The molecule has 0 bridgehead atoms. The van der Waals surface area contributed by atoms with E-state index in [9.17, 15) is 4.79 Å². The van der Waals surface area contributed by atoms with Gasteiger partial charge in [0, 0.05) is 45.8 Å². The average molecular weight is 456 g/mol. The molecule has 0 aliphatic carbocycles. The van der Waals surface area contributed by atoms with Gasteiger partial charge in [0.2, 0.25) is 5.91 Å². The highest BCUT2D eigenvalue weighted by atomic mass is 35.5. The molecule has 162 valence electrons. The Morgan fingerprint density at radius 1 is 1.07 bits per heavy atom. The molecular formula is C19H33Cl3N4O2. The quantitative estimate of drug-likeness (QED) is 0.685. The van der Waals surface area contributed by atoms with Crippen LogP contribution in [0.2, 0.25) is 0 Å². The number of piperazine rings is 1. The van der Waals surface area contributed by atoms with E-state index in [4.69, 9.17) is 10.5 Å². The second kappa shape index (κ2) is 13.6. The minimum atomic E-state index is -0.343. The van der Waals surface area contributed by atoms with E-state index in [1.807, 2.05) is 0 Å². The molecule has 0 radical (unpaired) electrons. The van der Waals surface area contributed by atoms with Crippen molar-refractivity contribution in [1.29, 1.82) is 0 Å². The van der Waals surface area contributed by atoms with Crippen molar-refractivity contribution in [2.24, 2.45) is 5.73 Å². The first-order chi connectivity index (χ1) is 12.1. The molecule has 0 spiro atoms. The molecule has 0 saturated carbocycles. The number of likely N-dealkylation sites (N-methyl/N-ethyl adjacent to an activating group) is 1. The molecular weight excluding hydrogens is 423 g/mol. The van der Waals surface area contributed by atoms with Crippen molar-refractivity contribution in [2.45, 2.75) is 38.1 Å². The van der Waals surface area contributed by atoms with E-state index in [1.54, 1.807) is 0 Å². The molecule has 1 aromatic rings. The fraction of sp³-hybridized carbons (Fsp3) is 0.632. The van der Waals surface area contributed by atoms with Crippen LogP contribution in [0.4, 0.5) is 0 Å². The topological polar surface area (TPSA) is 70.8 Å². The second-order valence-corrected chi connectivity index (χ2v) is 7.17. The third-order valence-corrected chi connectivity index (χ3v) is 5.15. The minimum absolute atomic E-state index is 0. The van der Waals surface area contributed by atoms with E-state index in [0.29, 0.717) is 13.1 Å². The fourth-order valence-corrected chi connectivity index (χ4v) is 3.40. The van der Waals surface area contributed by atoms with Crippen LogP contribution >= 0.6 is 37.2 Å². The summed E-state index contributed by atoms with van der Waals surface area (Å²) in [5.41, 5.74) is 8.02. The van der Waals surface area contributed by atoms with Gasteiger partial charge in [-0.15, -0.1) is 37.2 Å². The van der Waals surface area contributed by atoms with Crippen LogP contribution in [-0.4, -0.2) is 67.7 Å². The van der Waals surface area contributed by atoms with Gasteiger partial charge in [-0.05, 0) is 31.0 Å². The summed E-state index contributed by atoms with van der Waals surface area (Å²) in [6.45, 7) is 6.55. The highest BCUT2D eigenvalue weighted by molar-refractivity contribution is 5.86. The smallest absolute Gasteiger partial charge is 0.249 e. The Balaban J connectivity index is 0.00000243. The first-order valence-electron chi connectivity index (χ1n) is 9.26. The second-order valence-electron chi connectivity index (χ2n) is 7.17. The lowest BCUT2D eigenvalue weighted by molar-refractivity contribution is -0.132. The van der Waals surface area contributed by atoms with Gasteiger partial charge in [0.05, 0.1) is 6.10 Å². The Morgan fingerprint density at radius 2 is 1.68 bits per heavy atom. The Morgan fingerprint density at radius 3 is 2.25 bits per heavy atom. The summed E-state index contributed by atoms with van der Waals surface area (Å²) in [5.74, 6) is -0.0301. The first kappa shape index (κ1) is 27.4. The lowest BCUT2D eigenvalue weighted by Crippen LogP contribution is -2.43. The fourth-order valence-electron chi connectivity index (χ4n) is 3.40. The number of amides is 1. The standard InChI is InChI=1S/C19H30N4O2.3ClH/c1-22-8-10-23(11-9-22)14-16-4-2-15(3-5-16)13-21-19(24)18-7-6-17(12-20)25-18;;;/h2-5,17-18H,6-14,20H2,1H3,(H,21,24);3*1H/t17-,18+;;;/m1.../s1. The minimum Gasteiger partial charge on any atom is -0.364 e. The zero-order valence-electron chi connectivity index (χ0n) is 16.3. The first-order valence-corrected chi connectivity index (χ1v) is 9.26. The third-order valence-electron chi connectivity index (χ3n) is 5.15. The highest BCUT2D eigenvalue weighted by Crippen LogP contribution is 2.19. The summed E-state index contributed by atoms with van der Waals surface area (Å²) in [4.78, 5) is 17.0. The van der Waals surface area contributed by atoms with E-state index >= 15 is 0 Å². The molecule has 2 aliphatic heterocycles. The molecule has 6 nitrogen and oxygen atoms in total. The van der Waals surface area contributed by atoms with Gasteiger partial charge in [-0.3, -0.25) is 9.69 Å². The predicted octanol–water partition coefficient (Wildman–Crippen LogP) is 1.82. The summed E-state index contributed by atoms with van der Waals surface area (Å²) in [6.07, 6.45) is 1.32. The molecule has 2 atom stereocenters.